The lowest BCUT2D eigenvalue weighted by Gasteiger charge is -2.07. The van der Waals surface area contributed by atoms with Crippen LogP contribution in [0.3, 0.4) is 0 Å². The molecule has 0 fully saturated rings. The van der Waals surface area contributed by atoms with E-state index in [0.717, 1.165) is 24.2 Å². The van der Waals surface area contributed by atoms with Crippen LogP contribution in [0.2, 0.25) is 0 Å². The van der Waals surface area contributed by atoms with E-state index in [-0.39, 0.29) is 5.91 Å². The van der Waals surface area contributed by atoms with Gasteiger partial charge in [-0.1, -0.05) is 6.07 Å². The van der Waals surface area contributed by atoms with Crippen molar-refractivity contribution in [2.45, 2.75) is 6.42 Å². The van der Waals surface area contributed by atoms with Crippen molar-refractivity contribution < 1.29 is 4.79 Å². The van der Waals surface area contributed by atoms with Crippen LogP contribution in [0.15, 0.2) is 61.1 Å². The van der Waals surface area contributed by atoms with E-state index in [1.807, 2.05) is 53.1 Å². The Morgan fingerprint density at radius 2 is 2.05 bits per heavy atom. The first-order valence-corrected chi connectivity index (χ1v) is 7.33. The van der Waals surface area contributed by atoms with E-state index >= 15 is 0 Å². The Morgan fingerprint density at radius 1 is 1.09 bits per heavy atom. The van der Waals surface area contributed by atoms with Crippen LogP contribution < -0.4 is 10.6 Å². The van der Waals surface area contributed by atoms with Crippen LogP contribution in [0.25, 0.3) is 5.52 Å². The van der Waals surface area contributed by atoms with Crippen molar-refractivity contribution in [3.8, 4) is 0 Å². The minimum Gasteiger partial charge on any atom is -0.384 e. The molecule has 0 aliphatic heterocycles. The van der Waals surface area contributed by atoms with Gasteiger partial charge in [-0.25, -0.2) is 0 Å². The molecule has 0 atom stereocenters. The number of hydrogen-bond donors (Lipinski definition) is 2. The number of fused-ring (bicyclic) bond motifs is 1. The molecule has 0 aromatic carbocycles. The molecule has 3 heterocycles. The molecule has 5 nitrogen and oxygen atoms in total. The third kappa shape index (κ3) is 3.25. The lowest BCUT2D eigenvalue weighted by Crippen LogP contribution is -2.26. The summed E-state index contributed by atoms with van der Waals surface area (Å²) < 4.78 is 1.89. The SMILES string of the molecule is O=C(NCCCNc1cccnc1)c1ccc2ccccn12. The van der Waals surface area contributed by atoms with Gasteiger partial charge in [0.25, 0.3) is 5.91 Å². The highest BCUT2D eigenvalue weighted by molar-refractivity contribution is 5.93. The molecule has 0 unspecified atom stereocenters. The summed E-state index contributed by atoms with van der Waals surface area (Å²) in [6.45, 7) is 1.42. The number of nitrogens with one attached hydrogen (secondary N) is 2. The molecule has 0 saturated heterocycles. The van der Waals surface area contributed by atoms with Crippen LogP contribution >= 0.6 is 0 Å². The zero-order valence-corrected chi connectivity index (χ0v) is 12.2. The Balaban J connectivity index is 1.47. The average Bonchev–Trinajstić information content (AvgIpc) is 2.99. The number of hydrogen-bond acceptors (Lipinski definition) is 3. The molecule has 0 saturated carbocycles. The standard InChI is InChI=1S/C17H18N4O/c22-17(16-8-7-15-6-1-2-12-21(15)16)20-11-4-10-19-14-5-3-9-18-13-14/h1-3,5-9,12-13,19H,4,10-11H2,(H,20,22). The van der Waals surface area contributed by atoms with E-state index in [0.29, 0.717) is 12.2 Å². The Morgan fingerprint density at radius 3 is 2.91 bits per heavy atom. The van der Waals surface area contributed by atoms with Crippen LogP contribution in [0.5, 0.6) is 0 Å². The molecular weight excluding hydrogens is 276 g/mol. The number of carbonyl (C=O) groups is 1. The highest BCUT2D eigenvalue weighted by Crippen LogP contribution is 2.09. The Hall–Kier alpha value is -2.82. The Labute approximate surface area is 129 Å². The fourth-order valence-corrected chi connectivity index (χ4v) is 2.32. The molecule has 2 N–H and O–H groups in total. The molecule has 1 amide bonds. The third-order valence-electron chi connectivity index (χ3n) is 3.43. The highest BCUT2D eigenvalue weighted by atomic mass is 16.1. The van der Waals surface area contributed by atoms with E-state index < -0.39 is 0 Å². The van der Waals surface area contributed by atoms with E-state index in [1.54, 1.807) is 12.4 Å². The second-order valence-electron chi connectivity index (χ2n) is 4.99. The van der Waals surface area contributed by atoms with Gasteiger partial charge in [0.15, 0.2) is 0 Å². The number of carbonyl (C=O) groups excluding carboxylic acids is 1. The first-order valence-electron chi connectivity index (χ1n) is 7.33. The summed E-state index contributed by atoms with van der Waals surface area (Å²) in [5.41, 5.74) is 2.67. The fourth-order valence-electron chi connectivity index (χ4n) is 2.32. The van der Waals surface area contributed by atoms with Crippen LogP contribution in [0.1, 0.15) is 16.9 Å². The van der Waals surface area contributed by atoms with E-state index in [1.165, 1.54) is 0 Å². The minimum atomic E-state index is -0.0485. The molecule has 0 spiro atoms. The number of rotatable bonds is 6. The summed E-state index contributed by atoms with van der Waals surface area (Å²) in [6, 6.07) is 13.5. The Kier molecular flexibility index (Phi) is 4.34. The predicted molar refractivity (Wildman–Crippen MR) is 87.1 cm³/mol. The smallest absolute Gasteiger partial charge is 0.268 e. The summed E-state index contributed by atoms with van der Waals surface area (Å²) in [5.74, 6) is -0.0485. The van der Waals surface area contributed by atoms with Gasteiger partial charge in [-0.3, -0.25) is 9.78 Å². The summed E-state index contributed by atoms with van der Waals surface area (Å²) in [6.07, 6.45) is 6.27. The summed E-state index contributed by atoms with van der Waals surface area (Å²) >= 11 is 0. The fraction of sp³-hybridized carbons (Fsp3) is 0.176. The van der Waals surface area contributed by atoms with Gasteiger partial charge in [0.1, 0.15) is 5.69 Å². The number of amides is 1. The zero-order valence-electron chi connectivity index (χ0n) is 12.2. The maximum absolute atomic E-state index is 12.2. The van der Waals surface area contributed by atoms with Gasteiger partial charge in [0.05, 0.1) is 5.69 Å². The number of anilines is 1. The molecule has 112 valence electrons. The van der Waals surface area contributed by atoms with Crippen molar-refractivity contribution in [1.82, 2.24) is 14.7 Å². The van der Waals surface area contributed by atoms with E-state index in [4.69, 9.17) is 0 Å². The minimum absolute atomic E-state index is 0.0485. The van der Waals surface area contributed by atoms with Crippen LogP contribution in [-0.4, -0.2) is 28.4 Å². The molecule has 5 heteroatoms. The van der Waals surface area contributed by atoms with E-state index in [2.05, 4.69) is 15.6 Å². The predicted octanol–water partition coefficient (Wildman–Crippen LogP) is 2.57. The van der Waals surface area contributed by atoms with Gasteiger partial charge >= 0.3 is 0 Å². The Bertz CT molecular complexity index is 751. The van der Waals surface area contributed by atoms with Gasteiger partial charge in [-0.2, -0.15) is 0 Å². The van der Waals surface area contributed by atoms with Gasteiger partial charge < -0.3 is 15.0 Å². The van der Waals surface area contributed by atoms with Gasteiger partial charge in [0, 0.05) is 37.2 Å². The first-order chi connectivity index (χ1) is 10.8. The highest BCUT2D eigenvalue weighted by Gasteiger charge is 2.09. The van der Waals surface area contributed by atoms with Crippen molar-refractivity contribution >= 4 is 17.1 Å². The zero-order chi connectivity index (χ0) is 15.2. The summed E-state index contributed by atoms with van der Waals surface area (Å²) in [4.78, 5) is 16.2. The lowest BCUT2D eigenvalue weighted by atomic mass is 10.3. The molecular formula is C17H18N4O. The normalized spacial score (nSPS) is 10.5. The largest absolute Gasteiger partial charge is 0.384 e. The average molecular weight is 294 g/mol. The summed E-state index contributed by atoms with van der Waals surface area (Å²) in [5, 5.41) is 6.21. The topological polar surface area (TPSA) is 58.4 Å². The quantitative estimate of drug-likeness (QED) is 0.687. The maximum atomic E-state index is 12.2. The van der Waals surface area contributed by atoms with Crippen LogP contribution in [-0.2, 0) is 0 Å². The molecule has 3 aromatic heterocycles. The van der Waals surface area contributed by atoms with Gasteiger partial charge in [-0.15, -0.1) is 0 Å². The van der Waals surface area contributed by atoms with Crippen molar-refractivity contribution in [2.24, 2.45) is 0 Å². The number of aromatic nitrogens is 2. The molecule has 0 radical (unpaired) electrons. The van der Waals surface area contributed by atoms with E-state index in [9.17, 15) is 4.79 Å². The monoisotopic (exact) mass is 294 g/mol. The van der Waals surface area contributed by atoms with Crippen LogP contribution in [0.4, 0.5) is 5.69 Å². The van der Waals surface area contributed by atoms with Crippen molar-refractivity contribution in [3.63, 3.8) is 0 Å². The first kappa shape index (κ1) is 14.1. The lowest BCUT2D eigenvalue weighted by molar-refractivity contribution is 0.0948. The van der Waals surface area contributed by atoms with Gasteiger partial charge in [-0.05, 0) is 42.8 Å². The third-order valence-corrected chi connectivity index (χ3v) is 3.43. The number of nitrogens with zero attached hydrogens (tertiary/aromatic N) is 2. The van der Waals surface area contributed by atoms with Crippen LogP contribution in [0, 0.1) is 0 Å². The molecule has 0 bridgehead atoms. The van der Waals surface area contributed by atoms with Crippen molar-refractivity contribution in [2.75, 3.05) is 18.4 Å². The molecule has 0 aliphatic rings. The molecule has 0 aliphatic carbocycles. The van der Waals surface area contributed by atoms with Crippen molar-refractivity contribution in [3.05, 3.63) is 66.7 Å². The molecule has 22 heavy (non-hydrogen) atoms. The van der Waals surface area contributed by atoms with Gasteiger partial charge in [0.2, 0.25) is 0 Å². The second-order valence-corrected chi connectivity index (χ2v) is 4.99. The molecule has 3 aromatic rings. The summed E-state index contributed by atoms with van der Waals surface area (Å²) in [7, 11) is 0. The van der Waals surface area contributed by atoms with Crippen molar-refractivity contribution in [1.29, 1.82) is 0 Å². The number of pyridine rings is 2. The second kappa shape index (κ2) is 6.76. The molecule has 3 rings (SSSR count). The maximum Gasteiger partial charge on any atom is 0.268 e.